The smallest absolute Gasteiger partial charge is 0.278 e. The summed E-state index contributed by atoms with van der Waals surface area (Å²) in [4.78, 5) is 12.5. The van der Waals surface area contributed by atoms with Gasteiger partial charge in [-0.2, -0.15) is 5.10 Å². The number of hydrogen-bond donors (Lipinski definition) is 0. The van der Waals surface area contributed by atoms with Gasteiger partial charge in [-0.25, -0.2) is 9.07 Å². The summed E-state index contributed by atoms with van der Waals surface area (Å²) in [5.74, 6) is -0.0193. The highest BCUT2D eigenvalue weighted by molar-refractivity contribution is 6.31. The van der Waals surface area contributed by atoms with Crippen molar-refractivity contribution >= 4 is 17.5 Å². The molecule has 0 saturated carbocycles. The Morgan fingerprint density at radius 1 is 0.966 bits per heavy atom. The van der Waals surface area contributed by atoms with E-state index in [2.05, 4.69) is 5.10 Å². The Balaban J connectivity index is 1.46. The zero-order valence-corrected chi connectivity index (χ0v) is 16.0. The minimum atomic E-state index is -0.400. The molecule has 0 unspecified atom stereocenters. The third-order valence-corrected chi connectivity index (χ3v) is 4.77. The molecule has 0 fully saturated rings. The van der Waals surface area contributed by atoms with Gasteiger partial charge in [-0.15, -0.1) is 0 Å². The highest BCUT2D eigenvalue weighted by Crippen LogP contribution is 2.24. The number of carbonyl (C=O) groups excluding carboxylic acids is 1. The second kappa shape index (κ2) is 8.29. The van der Waals surface area contributed by atoms with E-state index in [1.165, 1.54) is 10.7 Å². The molecular formula is C23H16ClFN2O2. The van der Waals surface area contributed by atoms with Crippen molar-refractivity contribution < 1.29 is 13.9 Å². The van der Waals surface area contributed by atoms with Gasteiger partial charge in [-0.1, -0.05) is 35.9 Å². The summed E-state index contributed by atoms with van der Waals surface area (Å²) in [5, 5.41) is 4.69. The van der Waals surface area contributed by atoms with E-state index < -0.39 is 5.82 Å². The maximum absolute atomic E-state index is 13.8. The molecule has 0 atom stereocenters. The quantitative estimate of drug-likeness (QED) is 0.432. The molecule has 6 heteroatoms. The number of rotatable bonds is 5. The number of carbonyl (C=O) groups is 1. The van der Waals surface area contributed by atoms with Crippen LogP contribution < -0.4 is 4.74 Å². The second-order valence-electron chi connectivity index (χ2n) is 6.33. The molecule has 0 aliphatic rings. The molecule has 0 bridgehead atoms. The summed E-state index contributed by atoms with van der Waals surface area (Å²) in [5.41, 5.74) is 2.38. The molecule has 1 aromatic heterocycles. The van der Waals surface area contributed by atoms with Crippen LogP contribution in [0.4, 0.5) is 4.39 Å². The highest BCUT2D eigenvalue weighted by Gasteiger charge is 2.11. The number of benzene rings is 3. The van der Waals surface area contributed by atoms with E-state index in [1.54, 1.807) is 48.7 Å². The Hall–Kier alpha value is -3.44. The Morgan fingerprint density at radius 2 is 1.72 bits per heavy atom. The lowest BCUT2D eigenvalue weighted by Gasteiger charge is -2.09. The zero-order chi connectivity index (χ0) is 20.2. The molecule has 4 rings (SSSR count). The van der Waals surface area contributed by atoms with Crippen molar-refractivity contribution in [1.29, 1.82) is 0 Å². The monoisotopic (exact) mass is 406 g/mol. The molecule has 0 aliphatic carbocycles. The summed E-state index contributed by atoms with van der Waals surface area (Å²) in [6.07, 6.45) is 1.63. The van der Waals surface area contributed by atoms with Crippen LogP contribution in [0.5, 0.6) is 5.75 Å². The van der Waals surface area contributed by atoms with Crippen molar-refractivity contribution in [3.8, 4) is 17.0 Å². The van der Waals surface area contributed by atoms with E-state index in [0.717, 1.165) is 5.56 Å². The molecule has 0 radical (unpaired) electrons. The number of ether oxygens (including phenoxy) is 1. The normalized spacial score (nSPS) is 10.7. The Labute approximate surface area is 172 Å². The molecule has 0 saturated heterocycles. The van der Waals surface area contributed by atoms with Gasteiger partial charge in [0.25, 0.3) is 5.91 Å². The van der Waals surface area contributed by atoms with Gasteiger partial charge in [0.2, 0.25) is 0 Å². The van der Waals surface area contributed by atoms with Crippen LogP contribution in [0.15, 0.2) is 85.1 Å². The van der Waals surface area contributed by atoms with Crippen LogP contribution in [-0.4, -0.2) is 15.7 Å². The van der Waals surface area contributed by atoms with Gasteiger partial charge < -0.3 is 4.74 Å². The van der Waals surface area contributed by atoms with E-state index in [4.69, 9.17) is 16.3 Å². The van der Waals surface area contributed by atoms with E-state index >= 15 is 0 Å². The average molecular weight is 407 g/mol. The van der Waals surface area contributed by atoms with Gasteiger partial charge in [0, 0.05) is 22.9 Å². The van der Waals surface area contributed by atoms with Gasteiger partial charge in [0.15, 0.2) is 0 Å². The summed E-state index contributed by atoms with van der Waals surface area (Å²) in [7, 11) is 0. The lowest BCUT2D eigenvalue weighted by Crippen LogP contribution is -2.12. The first kappa shape index (κ1) is 18.9. The van der Waals surface area contributed by atoms with E-state index in [9.17, 15) is 9.18 Å². The first-order valence-electron chi connectivity index (χ1n) is 8.93. The molecule has 0 spiro atoms. The minimum absolute atomic E-state index is 0.0328. The molecule has 0 N–H and O–H groups in total. The molecule has 144 valence electrons. The molecule has 4 aromatic rings. The van der Waals surface area contributed by atoms with Crippen LogP contribution in [-0.2, 0) is 6.61 Å². The first-order chi connectivity index (χ1) is 14.1. The molecule has 0 aliphatic heterocycles. The van der Waals surface area contributed by atoms with Crippen LogP contribution in [0, 0.1) is 5.82 Å². The molecular weight excluding hydrogens is 391 g/mol. The second-order valence-corrected chi connectivity index (χ2v) is 6.74. The number of nitrogens with zero attached hydrogens (tertiary/aromatic N) is 2. The Morgan fingerprint density at radius 3 is 2.45 bits per heavy atom. The van der Waals surface area contributed by atoms with E-state index in [1.807, 2.05) is 30.3 Å². The summed E-state index contributed by atoms with van der Waals surface area (Å²) < 4.78 is 20.8. The van der Waals surface area contributed by atoms with Crippen molar-refractivity contribution in [2.75, 3.05) is 0 Å². The predicted molar refractivity (Wildman–Crippen MR) is 110 cm³/mol. The van der Waals surface area contributed by atoms with Crippen LogP contribution >= 0.6 is 11.6 Å². The Kier molecular flexibility index (Phi) is 5.40. The third kappa shape index (κ3) is 4.20. The summed E-state index contributed by atoms with van der Waals surface area (Å²) in [6.45, 7) is 0.0328. The van der Waals surface area contributed by atoms with Crippen molar-refractivity contribution in [3.63, 3.8) is 0 Å². The van der Waals surface area contributed by atoms with Crippen molar-refractivity contribution in [2.45, 2.75) is 6.61 Å². The van der Waals surface area contributed by atoms with Crippen LogP contribution in [0.1, 0.15) is 15.9 Å². The van der Waals surface area contributed by atoms with Crippen molar-refractivity contribution in [3.05, 3.63) is 107 Å². The molecule has 4 nitrogen and oxygen atoms in total. The highest BCUT2D eigenvalue weighted by atomic mass is 35.5. The Bertz CT molecular complexity index is 1120. The molecule has 3 aromatic carbocycles. The molecule has 0 amide bonds. The summed E-state index contributed by atoms with van der Waals surface area (Å²) in [6, 6.07) is 22.5. The minimum Gasteiger partial charge on any atom is -0.489 e. The fraction of sp³-hybridized carbons (Fsp3) is 0.0435. The van der Waals surface area contributed by atoms with Crippen molar-refractivity contribution in [2.24, 2.45) is 0 Å². The number of hydrogen-bond acceptors (Lipinski definition) is 3. The maximum Gasteiger partial charge on any atom is 0.278 e. The number of aromatic nitrogens is 2. The van der Waals surface area contributed by atoms with Gasteiger partial charge in [0.05, 0.1) is 10.7 Å². The molecule has 1 heterocycles. The zero-order valence-electron chi connectivity index (χ0n) is 15.3. The maximum atomic E-state index is 13.8. The largest absolute Gasteiger partial charge is 0.489 e. The van der Waals surface area contributed by atoms with Gasteiger partial charge in [-0.3, -0.25) is 4.79 Å². The fourth-order valence-electron chi connectivity index (χ4n) is 2.85. The van der Waals surface area contributed by atoms with Crippen LogP contribution in [0.3, 0.4) is 0 Å². The van der Waals surface area contributed by atoms with Gasteiger partial charge >= 0.3 is 0 Å². The molecule has 29 heavy (non-hydrogen) atoms. The van der Waals surface area contributed by atoms with E-state index in [-0.39, 0.29) is 12.5 Å². The van der Waals surface area contributed by atoms with Gasteiger partial charge in [-0.05, 0) is 54.6 Å². The van der Waals surface area contributed by atoms with Crippen molar-refractivity contribution in [1.82, 2.24) is 9.78 Å². The predicted octanol–water partition coefficient (Wildman–Crippen LogP) is 5.61. The van der Waals surface area contributed by atoms with Gasteiger partial charge in [0.1, 0.15) is 18.2 Å². The SMILES string of the molecule is O=C(c1ccccc1)n1ccc(-c2ccc(OCc3c(F)cccc3Cl)cc2)n1. The van der Waals surface area contributed by atoms with Crippen LogP contribution in [0.2, 0.25) is 5.02 Å². The first-order valence-corrected chi connectivity index (χ1v) is 9.31. The standard InChI is InChI=1S/C23H16ClFN2O2/c24-20-7-4-8-21(25)19(20)15-29-18-11-9-16(10-12-18)22-13-14-27(26-22)23(28)17-5-2-1-3-6-17/h1-14H,15H2. The lowest BCUT2D eigenvalue weighted by atomic mass is 10.1. The third-order valence-electron chi connectivity index (χ3n) is 4.41. The average Bonchev–Trinajstić information content (AvgIpc) is 3.24. The summed E-state index contributed by atoms with van der Waals surface area (Å²) >= 11 is 6.02. The lowest BCUT2D eigenvalue weighted by molar-refractivity contribution is 0.0945. The number of halogens is 2. The van der Waals surface area contributed by atoms with E-state index in [0.29, 0.717) is 27.6 Å². The fourth-order valence-corrected chi connectivity index (χ4v) is 3.07. The van der Waals surface area contributed by atoms with Crippen LogP contribution in [0.25, 0.3) is 11.3 Å². The topological polar surface area (TPSA) is 44.1 Å².